The first kappa shape index (κ1) is 12.5. The second-order valence-corrected chi connectivity index (χ2v) is 5.53. The summed E-state index contributed by atoms with van der Waals surface area (Å²) in [4.78, 5) is 21.1. The smallest absolute Gasteiger partial charge is 0.236 e. The highest BCUT2D eigenvalue weighted by atomic mass is 32.1. The molecule has 1 amide bonds. The summed E-state index contributed by atoms with van der Waals surface area (Å²) in [7, 11) is 0. The average molecular weight is 254 g/mol. The van der Waals surface area contributed by atoms with Crippen LogP contribution in [0.2, 0.25) is 0 Å². The molecule has 6 heteroatoms. The number of rotatable bonds is 3. The minimum Gasteiger partial charge on any atom is -0.339 e. The summed E-state index contributed by atoms with van der Waals surface area (Å²) in [5.41, 5.74) is 5.35. The number of thiazole rings is 1. The molecule has 0 atom stereocenters. The highest BCUT2D eigenvalue weighted by molar-refractivity contribution is 7.11. The second kappa shape index (κ2) is 5.57. The van der Waals surface area contributed by atoms with Gasteiger partial charge in [-0.25, -0.2) is 4.98 Å². The summed E-state index contributed by atoms with van der Waals surface area (Å²) in [5.74, 6) is 0.0540. The number of carbonyl (C=O) groups excluding carboxylic acids is 1. The standard InChI is InChI=1S/C11H18N4OS/c1-9-13-7-10(17-9)8-14-2-4-15(5-3-14)11(16)6-12/h7H,2-6,8,12H2,1H3. The molecule has 0 aromatic carbocycles. The third-order valence-corrected chi connectivity index (χ3v) is 3.85. The minimum absolute atomic E-state index is 0.0540. The summed E-state index contributed by atoms with van der Waals surface area (Å²) < 4.78 is 0. The first-order chi connectivity index (χ1) is 8.19. The largest absolute Gasteiger partial charge is 0.339 e. The molecular formula is C11H18N4OS. The van der Waals surface area contributed by atoms with Gasteiger partial charge in [-0.05, 0) is 6.92 Å². The first-order valence-corrected chi connectivity index (χ1v) is 6.62. The van der Waals surface area contributed by atoms with Crippen molar-refractivity contribution in [2.24, 2.45) is 5.73 Å². The van der Waals surface area contributed by atoms with Crippen LogP contribution in [0, 0.1) is 6.92 Å². The number of aromatic nitrogens is 1. The van der Waals surface area contributed by atoms with Gasteiger partial charge in [-0.2, -0.15) is 0 Å². The van der Waals surface area contributed by atoms with Crippen LogP contribution in [0.15, 0.2) is 6.20 Å². The normalized spacial score (nSPS) is 17.4. The Kier molecular flexibility index (Phi) is 4.09. The third-order valence-electron chi connectivity index (χ3n) is 2.95. The molecule has 1 fully saturated rings. The number of hydrogen-bond donors (Lipinski definition) is 1. The zero-order chi connectivity index (χ0) is 12.3. The summed E-state index contributed by atoms with van der Waals surface area (Å²) in [5, 5.41) is 1.11. The quantitative estimate of drug-likeness (QED) is 0.828. The fourth-order valence-corrected chi connectivity index (χ4v) is 2.82. The van der Waals surface area contributed by atoms with Crippen LogP contribution in [-0.2, 0) is 11.3 Å². The molecule has 0 spiro atoms. The first-order valence-electron chi connectivity index (χ1n) is 5.80. The number of aryl methyl sites for hydroxylation is 1. The highest BCUT2D eigenvalue weighted by Crippen LogP contribution is 2.15. The molecule has 0 aliphatic carbocycles. The van der Waals surface area contributed by atoms with Gasteiger partial charge in [0, 0.05) is 43.8 Å². The Morgan fingerprint density at radius 1 is 1.47 bits per heavy atom. The number of hydrogen-bond acceptors (Lipinski definition) is 5. The second-order valence-electron chi connectivity index (χ2n) is 4.21. The molecule has 0 radical (unpaired) electrons. The van der Waals surface area contributed by atoms with Crippen molar-refractivity contribution in [3.05, 3.63) is 16.1 Å². The van der Waals surface area contributed by atoms with E-state index in [-0.39, 0.29) is 12.5 Å². The molecule has 1 saturated heterocycles. The molecule has 17 heavy (non-hydrogen) atoms. The molecule has 1 aromatic rings. The van der Waals surface area contributed by atoms with Crippen molar-refractivity contribution in [3.63, 3.8) is 0 Å². The van der Waals surface area contributed by atoms with Gasteiger partial charge in [0.05, 0.1) is 11.6 Å². The average Bonchev–Trinajstić information content (AvgIpc) is 2.75. The Morgan fingerprint density at radius 3 is 2.71 bits per heavy atom. The van der Waals surface area contributed by atoms with Gasteiger partial charge in [0.25, 0.3) is 0 Å². The van der Waals surface area contributed by atoms with E-state index in [4.69, 9.17) is 5.73 Å². The van der Waals surface area contributed by atoms with Gasteiger partial charge in [0.2, 0.25) is 5.91 Å². The molecule has 0 unspecified atom stereocenters. The molecule has 2 rings (SSSR count). The van der Waals surface area contributed by atoms with E-state index in [1.807, 2.05) is 18.0 Å². The zero-order valence-corrected chi connectivity index (χ0v) is 10.9. The summed E-state index contributed by atoms with van der Waals surface area (Å²) in [6.45, 7) is 6.49. The van der Waals surface area contributed by atoms with Gasteiger partial charge in [0.1, 0.15) is 0 Å². The Morgan fingerprint density at radius 2 is 2.18 bits per heavy atom. The van der Waals surface area contributed by atoms with Crippen LogP contribution in [0.3, 0.4) is 0 Å². The zero-order valence-electron chi connectivity index (χ0n) is 10.1. The van der Waals surface area contributed by atoms with Crippen molar-refractivity contribution in [2.45, 2.75) is 13.5 Å². The molecule has 2 N–H and O–H groups in total. The summed E-state index contributed by atoms with van der Waals surface area (Å²) in [6.07, 6.45) is 1.94. The molecular weight excluding hydrogens is 236 g/mol. The van der Waals surface area contributed by atoms with E-state index in [1.165, 1.54) is 4.88 Å². The van der Waals surface area contributed by atoms with Crippen LogP contribution >= 0.6 is 11.3 Å². The van der Waals surface area contributed by atoms with E-state index in [9.17, 15) is 4.79 Å². The van der Waals surface area contributed by atoms with E-state index >= 15 is 0 Å². The van der Waals surface area contributed by atoms with Crippen LogP contribution in [-0.4, -0.2) is 53.4 Å². The van der Waals surface area contributed by atoms with Crippen molar-refractivity contribution in [3.8, 4) is 0 Å². The number of amides is 1. The van der Waals surface area contributed by atoms with Gasteiger partial charge in [-0.1, -0.05) is 0 Å². The van der Waals surface area contributed by atoms with Crippen LogP contribution in [0.4, 0.5) is 0 Å². The third kappa shape index (κ3) is 3.24. The summed E-state index contributed by atoms with van der Waals surface area (Å²) >= 11 is 1.74. The topological polar surface area (TPSA) is 62.5 Å². The lowest BCUT2D eigenvalue weighted by molar-refractivity contribution is -0.131. The number of carbonyl (C=O) groups is 1. The Labute approximate surface area is 105 Å². The van der Waals surface area contributed by atoms with Crippen LogP contribution in [0.1, 0.15) is 9.88 Å². The lowest BCUT2D eigenvalue weighted by Gasteiger charge is -2.34. The Bertz CT molecular complexity index is 385. The molecule has 0 saturated carbocycles. The van der Waals surface area contributed by atoms with Crippen molar-refractivity contribution in [1.29, 1.82) is 0 Å². The van der Waals surface area contributed by atoms with E-state index in [0.717, 1.165) is 37.7 Å². The maximum absolute atomic E-state index is 11.4. The molecule has 2 heterocycles. The highest BCUT2D eigenvalue weighted by Gasteiger charge is 2.20. The van der Waals surface area contributed by atoms with Crippen molar-refractivity contribution >= 4 is 17.2 Å². The van der Waals surface area contributed by atoms with Gasteiger partial charge >= 0.3 is 0 Å². The van der Waals surface area contributed by atoms with Crippen molar-refractivity contribution < 1.29 is 4.79 Å². The molecule has 1 aromatic heterocycles. The predicted octanol–water partition coefficient (Wildman–Crippen LogP) is 0.0544. The fraction of sp³-hybridized carbons (Fsp3) is 0.636. The van der Waals surface area contributed by atoms with E-state index in [0.29, 0.717) is 0 Å². The summed E-state index contributed by atoms with van der Waals surface area (Å²) in [6, 6.07) is 0. The van der Waals surface area contributed by atoms with Crippen LogP contribution < -0.4 is 5.73 Å². The molecule has 1 aliphatic heterocycles. The minimum atomic E-state index is 0.0540. The molecule has 1 aliphatic rings. The number of piperazine rings is 1. The monoisotopic (exact) mass is 254 g/mol. The predicted molar refractivity (Wildman–Crippen MR) is 67.8 cm³/mol. The molecule has 94 valence electrons. The Balaban J connectivity index is 1.81. The van der Waals surface area contributed by atoms with Crippen LogP contribution in [0.25, 0.3) is 0 Å². The maximum atomic E-state index is 11.4. The van der Waals surface area contributed by atoms with Gasteiger partial charge < -0.3 is 10.6 Å². The molecule has 0 bridgehead atoms. The Hall–Kier alpha value is -0.980. The van der Waals surface area contributed by atoms with Crippen molar-refractivity contribution in [2.75, 3.05) is 32.7 Å². The molecule has 5 nitrogen and oxygen atoms in total. The van der Waals surface area contributed by atoms with E-state index < -0.39 is 0 Å². The lowest BCUT2D eigenvalue weighted by atomic mass is 10.3. The van der Waals surface area contributed by atoms with E-state index in [1.54, 1.807) is 11.3 Å². The van der Waals surface area contributed by atoms with Gasteiger partial charge in [-0.15, -0.1) is 11.3 Å². The van der Waals surface area contributed by atoms with Gasteiger partial charge in [0.15, 0.2) is 0 Å². The van der Waals surface area contributed by atoms with Gasteiger partial charge in [-0.3, -0.25) is 9.69 Å². The number of nitrogens with two attached hydrogens (primary N) is 1. The van der Waals surface area contributed by atoms with Crippen LogP contribution in [0.5, 0.6) is 0 Å². The van der Waals surface area contributed by atoms with Crippen molar-refractivity contribution in [1.82, 2.24) is 14.8 Å². The SMILES string of the molecule is Cc1ncc(CN2CCN(C(=O)CN)CC2)s1. The fourth-order valence-electron chi connectivity index (χ4n) is 1.98. The lowest BCUT2D eigenvalue weighted by Crippen LogP contribution is -2.49. The maximum Gasteiger partial charge on any atom is 0.236 e. The number of nitrogens with zero attached hydrogens (tertiary/aromatic N) is 3. The van der Waals surface area contributed by atoms with E-state index in [2.05, 4.69) is 9.88 Å².